The Balaban J connectivity index is 1.71. The second kappa shape index (κ2) is 9.07. The molecule has 3 aromatic rings. The number of ketones is 1. The average Bonchev–Trinajstić information content (AvgIpc) is 3.03. The largest absolute Gasteiger partial charge is 0.496 e. The third kappa shape index (κ3) is 5.12. The maximum absolute atomic E-state index is 12.4. The predicted octanol–water partition coefficient (Wildman–Crippen LogP) is 6.56. The van der Waals surface area contributed by atoms with Gasteiger partial charge in [0.1, 0.15) is 5.75 Å². The Bertz CT molecular complexity index is 956. The maximum Gasteiger partial charge on any atom is 0.186 e. The van der Waals surface area contributed by atoms with Gasteiger partial charge in [0.25, 0.3) is 0 Å². The van der Waals surface area contributed by atoms with Gasteiger partial charge in [-0.25, -0.2) is 0 Å². The molecule has 0 saturated heterocycles. The van der Waals surface area contributed by atoms with Crippen molar-refractivity contribution in [2.75, 3.05) is 7.11 Å². The number of ether oxygens (including phenoxy) is 1. The van der Waals surface area contributed by atoms with Gasteiger partial charge in [0.2, 0.25) is 0 Å². The Morgan fingerprint density at radius 1 is 1.11 bits per heavy atom. The fourth-order valence-corrected chi connectivity index (χ4v) is 4.64. The third-order valence-electron chi connectivity index (χ3n) is 4.18. The molecular weight excluding hydrogens is 372 g/mol. The van der Waals surface area contributed by atoms with E-state index in [-0.39, 0.29) is 5.78 Å². The zero-order chi connectivity index (χ0) is 19.2. The van der Waals surface area contributed by atoms with Gasteiger partial charge in [-0.15, -0.1) is 23.1 Å². The molecule has 0 atom stereocenters. The number of hydrogen-bond acceptors (Lipinski definition) is 4. The van der Waals surface area contributed by atoms with E-state index in [1.165, 1.54) is 4.90 Å². The molecule has 138 valence electrons. The molecular formula is C23H22O2S2. The van der Waals surface area contributed by atoms with Gasteiger partial charge in [-0.2, -0.15) is 0 Å². The number of hydrogen-bond donors (Lipinski definition) is 0. The first kappa shape index (κ1) is 19.5. The minimum atomic E-state index is 0.0412. The van der Waals surface area contributed by atoms with Crippen LogP contribution in [0.1, 0.15) is 31.2 Å². The summed E-state index contributed by atoms with van der Waals surface area (Å²) >= 11 is 3.43. The van der Waals surface area contributed by atoms with Crippen LogP contribution in [-0.2, 0) is 5.75 Å². The molecule has 1 aromatic heterocycles. The molecule has 0 unspecified atom stereocenters. The van der Waals surface area contributed by atoms with E-state index in [4.69, 9.17) is 4.74 Å². The number of carbonyl (C=O) groups is 1. The Kier molecular flexibility index (Phi) is 6.54. The predicted molar refractivity (Wildman–Crippen MR) is 116 cm³/mol. The van der Waals surface area contributed by atoms with E-state index in [0.717, 1.165) is 37.9 Å². The summed E-state index contributed by atoms with van der Waals surface area (Å²) in [5.41, 5.74) is 2.88. The van der Waals surface area contributed by atoms with Gasteiger partial charge in [-0.05, 0) is 49.8 Å². The van der Waals surface area contributed by atoms with Crippen molar-refractivity contribution in [2.45, 2.75) is 24.5 Å². The van der Waals surface area contributed by atoms with Crippen LogP contribution in [0.3, 0.4) is 0 Å². The van der Waals surface area contributed by atoms with E-state index in [1.54, 1.807) is 36.3 Å². The Labute approximate surface area is 168 Å². The zero-order valence-corrected chi connectivity index (χ0v) is 17.3. The standard InChI is InChI=1S/C23H22O2S2/c1-16-13-21(17(2)27-16)22(24)12-10-18-9-11-19(23(14-18)25-3)15-26-20-7-5-4-6-8-20/h4-14H,15H2,1-3H3/b12-10+. The monoisotopic (exact) mass is 394 g/mol. The molecule has 0 aliphatic rings. The van der Waals surface area contributed by atoms with Gasteiger partial charge < -0.3 is 4.74 Å². The zero-order valence-electron chi connectivity index (χ0n) is 15.7. The summed E-state index contributed by atoms with van der Waals surface area (Å²) < 4.78 is 5.56. The second-order valence-corrected chi connectivity index (χ2v) is 8.71. The summed E-state index contributed by atoms with van der Waals surface area (Å²) in [5, 5.41) is 0. The average molecular weight is 395 g/mol. The van der Waals surface area contributed by atoms with E-state index in [2.05, 4.69) is 18.2 Å². The molecule has 0 aliphatic carbocycles. The Morgan fingerprint density at radius 2 is 1.89 bits per heavy atom. The number of aryl methyl sites for hydroxylation is 2. The molecule has 0 radical (unpaired) electrons. The summed E-state index contributed by atoms with van der Waals surface area (Å²) in [5.74, 6) is 1.72. The van der Waals surface area contributed by atoms with Crippen LogP contribution in [0.2, 0.25) is 0 Å². The molecule has 0 bridgehead atoms. The van der Waals surface area contributed by atoms with Crippen molar-refractivity contribution in [1.82, 2.24) is 0 Å². The molecule has 27 heavy (non-hydrogen) atoms. The topological polar surface area (TPSA) is 26.3 Å². The van der Waals surface area contributed by atoms with Crippen LogP contribution >= 0.6 is 23.1 Å². The van der Waals surface area contributed by atoms with Crippen molar-refractivity contribution < 1.29 is 9.53 Å². The maximum atomic E-state index is 12.4. The highest BCUT2D eigenvalue weighted by molar-refractivity contribution is 7.98. The molecule has 2 aromatic carbocycles. The first-order chi connectivity index (χ1) is 13.1. The van der Waals surface area contributed by atoms with E-state index in [0.29, 0.717) is 0 Å². The number of thioether (sulfide) groups is 1. The summed E-state index contributed by atoms with van der Waals surface area (Å²) in [6.07, 6.45) is 3.49. The van der Waals surface area contributed by atoms with Gasteiger partial charge in [-0.3, -0.25) is 4.79 Å². The van der Waals surface area contributed by atoms with Gasteiger partial charge in [-0.1, -0.05) is 36.4 Å². The quantitative estimate of drug-likeness (QED) is 0.258. The van der Waals surface area contributed by atoms with Crippen LogP contribution in [0, 0.1) is 13.8 Å². The first-order valence-electron chi connectivity index (χ1n) is 8.71. The lowest BCUT2D eigenvalue weighted by Crippen LogP contribution is -1.94. The smallest absolute Gasteiger partial charge is 0.186 e. The molecule has 0 spiro atoms. The van der Waals surface area contributed by atoms with E-state index < -0.39 is 0 Å². The van der Waals surface area contributed by atoms with Gasteiger partial charge >= 0.3 is 0 Å². The fourth-order valence-electron chi connectivity index (χ4n) is 2.80. The molecule has 0 fully saturated rings. The minimum Gasteiger partial charge on any atom is -0.496 e. The van der Waals surface area contributed by atoms with Gasteiger partial charge in [0.05, 0.1) is 7.11 Å². The molecule has 0 saturated carbocycles. The highest BCUT2D eigenvalue weighted by atomic mass is 32.2. The van der Waals surface area contributed by atoms with Crippen molar-refractivity contribution in [3.63, 3.8) is 0 Å². The lowest BCUT2D eigenvalue weighted by atomic mass is 10.1. The summed E-state index contributed by atoms with van der Waals surface area (Å²) in [6, 6.07) is 18.3. The highest BCUT2D eigenvalue weighted by Crippen LogP contribution is 2.29. The van der Waals surface area contributed by atoms with Crippen LogP contribution in [0.5, 0.6) is 5.75 Å². The fraction of sp³-hybridized carbons (Fsp3) is 0.174. The van der Waals surface area contributed by atoms with Gasteiger partial charge in [0.15, 0.2) is 5.78 Å². The number of carbonyl (C=O) groups excluding carboxylic acids is 1. The number of allylic oxidation sites excluding steroid dienone is 1. The van der Waals surface area contributed by atoms with Crippen molar-refractivity contribution in [2.24, 2.45) is 0 Å². The van der Waals surface area contributed by atoms with Crippen LogP contribution in [0.15, 0.2) is 65.6 Å². The number of methoxy groups -OCH3 is 1. The first-order valence-corrected chi connectivity index (χ1v) is 10.5. The Hall–Kier alpha value is -2.30. The molecule has 0 N–H and O–H groups in total. The van der Waals surface area contributed by atoms with Crippen molar-refractivity contribution >= 4 is 35.0 Å². The molecule has 0 aliphatic heterocycles. The summed E-state index contributed by atoms with van der Waals surface area (Å²) in [7, 11) is 1.68. The number of benzene rings is 2. The molecule has 1 heterocycles. The van der Waals surface area contributed by atoms with E-state index in [1.807, 2.05) is 56.3 Å². The van der Waals surface area contributed by atoms with Crippen molar-refractivity contribution in [1.29, 1.82) is 0 Å². The normalized spacial score (nSPS) is 11.1. The molecule has 3 rings (SSSR count). The summed E-state index contributed by atoms with van der Waals surface area (Å²) in [4.78, 5) is 15.9. The third-order valence-corrected chi connectivity index (χ3v) is 6.21. The molecule has 0 amide bonds. The lowest BCUT2D eigenvalue weighted by molar-refractivity contribution is 0.104. The van der Waals surface area contributed by atoms with E-state index >= 15 is 0 Å². The molecule has 2 nitrogen and oxygen atoms in total. The second-order valence-electron chi connectivity index (χ2n) is 6.20. The Morgan fingerprint density at radius 3 is 2.56 bits per heavy atom. The van der Waals surface area contributed by atoms with Crippen molar-refractivity contribution in [3.05, 3.63) is 87.1 Å². The van der Waals surface area contributed by atoms with Crippen LogP contribution in [-0.4, -0.2) is 12.9 Å². The van der Waals surface area contributed by atoms with E-state index in [9.17, 15) is 4.79 Å². The van der Waals surface area contributed by atoms with Crippen LogP contribution in [0.25, 0.3) is 6.08 Å². The van der Waals surface area contributed by atoms with Crippen LogP contribution < -0.4 is 4.74 Å². The van der Waals surface area contributed by atoms with Crippen molar-refractivity contribution in [3.8, 4) is 5.75 Å². The lowest BCUT2D eigenvalue weighted by Gasteiger charge is -2.09. The number of thiophene rings is 1. The van der Waals surface area contributed by atoms with Crippen LogP contribution in [0.4, 0.5) is 0 Å². The molecule has 4 heteroatoms. The van der Waals surface area contributed by atoms with Gasteiger partial charge in [0, 0.05) is 31.5 Å². The summed E-state index contributed by atoms with van der Waals surface area (Å²) in [6.45, 7) is 4.01. The minimum absolute atomic E-state index is 0.0412. The SMILES string of the molecule is COc1cc(/C=C/C(=O)c2cc(C)sc2C)ccc1CSc1ccccc1. The number of rotatable bonds is 7. The highest BCUT2D eigenvalue weighted by Gasteiger charge is 2.09.